The highest BCUT2D eigenvalue weighted by molar-refractivity contribution is 5.72. The van der Waals surface area contributed by atoms with Crippen molar-refractivity contribution in [2.75, 3.05) is 5.73 Å². The number of H-pyrrole nitrogens is 1. The van der Waals surface area contributed by atoms with E-state index in [2.05, 4.69) is 9.97 Å². The third kappa shape index (κ3) is 1.50. The van der Waals surface area contributed by atoms with E-state index in [0.717, 1.165) is 5.56 Å². The second kappa shape index (κ2) is 3.33. The molecule has 0 aliphatic rings. The van der Waals surface area contributed by atoms with E-state index in [0.29, 0.717) is 11.4 Å². The number of hydrogen-bond acceptors (Lipinski definition) is 3. The van der Waals surface area contributed by atoms with Crippen LogP contribution in [0.25, 0.3) is 11.3 Å². The Labute approximate surface area is 80.4 Å². The molecule has 0 amide bonds. The van der Waals surface area contributed by atoms with Gasteiger partial charge in [0.2, 0.25) is 0 Å². The minimum absolute atomic E-state index is 0.182. The summed E-state index contributed by atoms with van der Waals surface area (Å²) in [6, 6.07) is 8.72. The topological polar surface area (TPSA) is 71.8 Å². The SMILES string of the molecule is Nc1ccccc1-c1cc(=O)[nH]cn1. The van der Waals surface area contributed by atoms with Crippen molar-refractivity contribution >= 4 is 5.69 Å². The van der Waals surface area contributed by atoms with Gasteiger partial charge in [0.25, 0.3) is 5.56 Å². The lowest BCUT2D eigenvalue weighted by atomic mass is 10.1. The normalized spacial score (nSPS) is 10.0. The van der Waals surface area contributed by atoms with E-state index in [9.17, 15) is 4.79 Å². The molecular formula is C10H9N3O. The van der Waals surface area contributed by atoms with Crippen LogP contribution in [0, 0.1) is 0 Å². The number of anilines is 1. The van der Waals surface area contributed by atoms with Crippen LogP contribution >= 0.6 is 0 Å². The van der Waals surface area contributed by atoms with Gasteiger partial charge < -0.3 is 10.7 Å². The number of benzene rings is 1. The van der Waals surface area contributed by atoms with Crippen LogP contribution in [-0.4, -0.2) is 9.97 Å². The summed E-state index contributed by atoms with van der Waals surface area (Å²) >= 11 is 0. The lowest BCUT2D eigenvalue weighted by Gasteiger charge is -2.02. The molecule has 0 unspecified atom stereocenters. The molecule has 0 bridgehead atoms. The first kappa shape index (κ1) is 8.50. The molecule has 14 heavy (non-hydrogen) atoms. The van der Waals surface area contributed by atoms with Gasteiger partial charge >= 0.3 is 0 Å². The first-order chi connectivity index (χ1) is 6.77. The Kier molecular flexibility index (Phi) is 2.02. The fraction of sp³-hybridized carbons (Fsp3) is 0. The van der Waals surface area contributed by atoms with Gasteiger partial charge in [-0.2, -0.15) is 0 Å². The van der Waals surface area contributed by atoms with Crippen LogP contribution in [0.2, 0.25) is 0 Å². The first-order valence-corrected chi connectivity index (χ1v) is 4.17. The molecule has 0 saturated carbocycles. The van der Waals surface area contributed by atoms with E-state index in [4.69, 9.17) is 5.73 Å². The molecule has 0 atom stereocenters. The first-order valence-electron chi connectivity index (χ1n) is 4.17. The van der Waals surface area contributed by atoms with Gasteiger partial charge in [0.1, 0.15) is 0 Å². The molecule has 1 aromatic heterocycles. The molecule has 0 fully saturated rings. The number of nitrogens with zero attached hydrogens (tertiary/aromatic N) is 1. The Morgan fingerprint density at radius 1 is 1.29 bits per heavy atom. The van der Waals surface area contributed by atoms with Crippen LogP contribution in [0.3, 0.4) is 0 Å². The number of aromatic amines is 1. The summed E-state index contributed by atoms with van der Waals surface area (Å²) in [7, 11) is 0. The quantitative estimate of drug-likeness (QED) is 0.654. The predicted octanol–water partition coefficient (Wildman–Crippen LogP) is 1.02. The highest BCUT2D eigenvalue weighted by Gasteiger charge is 2.02. The van der Waals surface area contributed by atoms with Crippen LogP contribution in [0.4, 0.5) is 5.69 Å². The Hall–Kier alpha value is -2.10. The van der Waals surface area contributed by atoms with Crippen LogP contribution in [0.5, 0.6) is 0 Å². The zero-order chi connectivity index (χ0) is 9.97. The second-order valence-corrected chi connectivity index (χ2v) is 2.88. The van der Waals surface area contributed by atoms with Crippen molar-refractivity contribution in [2.45, 2.75) is 0 Å². The van der Waals surface area contributed by atoms with Gasteiger partial charge in [-0.1, -0.05) is 18.2 Å². The van der Waals surface area contributed by atoms with Gasteiger partial charge in [-0.3, -0.25) is 4.79 Å². The fourth-order valence-corrected chi connectivity index (χ4v) is 1.25. The van der Waals surface area contributed by atoms with Crippen molar-refractivity contribution in [3.8, 4) is 11.3 Å². The highest BCUT2D eigenvalue weighted by atomic mass is 16.1. The summed E-state index contributed by atoms with van der Waals surface area (Å²) in [6.45, 7) is 0. The summed E-state index contributed by atoms with van der Waals surface area (Å²) < 4.78 is 0. The average molecular weight is 187 g/mol. The van der Waals surface area contributed by atoms with E-state index in [1.807, 2.05) is 18.2 Å². The minimum atomic E-state index is -0.182. The zero-order valence-corrected chi connectivity index (χ0v) is 7.40. The molecule has 70 valence electrons. The Balaban J connectivity index is 2.61. The van der Waals surface area contributed by atoms with Gasteiger partial charge in [0, 0.05) is 17.3 Å². The molecule has 0 spiro atoms. The maximum atomic E-state index is 11.0. The van der Waals surface area contributed by atoms with Crippen molar-refractivity contribution in [2.24, 2.45) is 0 Å². The average Bonchev–Trinajstić information content (AvgIpc) is 2.18. The van der Waals surface area contributed by atoms with Crippen LogP contribution in [-0.2, 0) is 0 Å². The Bertz CT molecular complexity index is 504. The van der Waals surface area contributed by atoms with E-state index in [1.165, 1.54) is 12.4 Å². The van der Waals surface area contributed by atoms with Gasteiger partial charge in [0.05, 0.1) is 12.0 Å². The third-order valence-electron chi connectivity index (χ3n) is 1.92. The highest BCUT2D eigenvalue weighted by Crippen LogP contribution is 2.21. The number of hydrogen-bond donors (Lipinski definition) is 2. The Morgan fingerprint density at radius 2 is 2.07 bits per heavy atom. The largest absolute Gasteiger partial charge is 0.398 e. The van der Waals surface area contributed by atoms with E-state index in [1.54, 1.807) is 6.07 Å². The number of nitrogens with two attached hydrogens (primary N) is 1. The van der Waals surface area contributed by atoms with Crippen LogP contribution < -0.4 is 11.3 Å². The lowest BCUT2D eigenvalue weighted by molar-refractivity contribution is 1.12. The predicted molar refractivity (Wildman–Crippen MR) is 54.7 cm³/mol. The summed E-state index contributed by atoms with van der Waals surface area (Å²) in [5, 5.41) is 0. The molecule has 3 N–H and O–H groups in total. The standard InChI is InChI=1S/C10H9N3O/c11-8-4-2-1-3-7(8)9-5-10(14)13-6-12-9/h1-6H,11H2,(H,12,13,14). The fourth-order valence-electron chi connectivity index (χ4n) is 1.25. The van der Waals surface area contributed by atoms with Gasteiger partial charge in [-0.05, 0) is 6.07 Å². The summed E-state index contributed by atoms with van der Waals surface area (Å²) in [5.74, 6) is 0. The molecule has 2 rings (SSSR count). The molecule has 0 saturated heterocycles. The van der Waals surface area contributed by atoms with Crippen molar-refractivity contribution in [3.05, 3.63) is 47.0 Å². The third-order valence-corrected chi connectivity index (χ3v) is 1.92. The smallest absolute Gasteiger partial charge is 0.251 e. The number of aromatic nitrogens is 2. The zero-order valence-electron chi connectivity index (χ0n) is 7.40. The number of nitrogen functional groups attached to an aromatic ring is 1. The van der Waals surface area contributed by atoms with Crippen molar-refractivity contribution in [3.63, 3.8) is 0 Å². The number of nitrogens with one attached hydrogen (secondary N) is 1. The van der Waals surface area contributed by atoms with Crippen molar-refractivity contribution < 1.29 is 0 Å². The van der Waals surface area contributed by atoms with Gasteiger partial charge in [-0.15, -0.1) is 0 Å². The monoisotopic (exact) mass is 187 g/mol. The van der Waals surface area contributed by atoms with Crippen molar-refractivity contribution in [1.82, 2.24) is 9.97 Å². The number of para-hydroxylation sites is 1. The molecular weight excluding hydrogens is 178 g/mol. The lowest BCUT2D eigenvalue weighted by Crippen LogP contribution is -2.05. The maximum Gasteiger partial charge on any atom is 0.251 e. The van der Waals surface area contributed by atoms with E-state index in [-0.39, 0.29) is 5.56 Å². The van der Waals surface area contributed by atoms with Crippen LogP contribution in [0.1, 0.15) is 0 Å². The molecule has 4 heteroatoms. The minimum Gasteiger partial charge on any atom is -0.398 e. The summed E-state index contributed by atoms with van der Waals surface area (Å²) in [6.07, 6.45) is 1.37. The molecule has 4 nitrogen and oxygen atoms in total. The van der Waals surface area contributed by atoms with Crippen LogP contribution in [0.15, 0.2) is 41.5 Å². The molecule has 1 heterocycles. The summed E-state index contributed by atoms with van der Waals surface area (Å²) in [5.41, 5.74) is 7.55. The van der Waals surface area contributed by atoms with E-state index < -0.39 is 0 Å². The van der Waals surface area contributed by atoms with Gasteiger partial charge in [-0.25, -0.2) is 4.98 Å². The molecule has 2 aromatic rings. The summed E-state index contributed by atoms with van der Waals surface area (Å²) in [4.78, 5) is 17.5. The second-order valence-electron chi connectivity index (χ2n) is 2.88. The Morgan fingerprint density at radius 3 is 2.79 bits per heavy atom. The molecule has 0 radical (unpaired) electrons. The maximum absolute atomic E-state index is 11.0. The van der Waals surface area contributed by atoms with E-state index >= 15 is 0 Å². The molecule has 0 aliphatic carbocycles. The van der Waals surface area contributed by atoms with Crippen molar-refractivity contribution in [1.29, 1.82) is 0 Å². The van der Waals surface area contributed by atoms with Gasteiger partial charge in [0.15, 0.2) is 0 Å². The molecule has 0 aliphatic heterocycles. The molecule has 1 aromatic carbocycles. The number of rotatable bonds is 1.